The molecule has 0 radical (unpaired) electrons. The maximum Gasteiger partial charge on any atom is 0.164 e. The lowest BCUT2D eigenvalue weighted by Crippen LogP contribution is -2.19. The number of anilines is 1. The summed E-state index contributed by atoms with van der Waals surface area (Å²) >= 11 is 0. The van der Waals surface area contributed by atoms with E-state index in [4.69, 9.17) is 25.5 Å². The van der Waals surface area contributed by atoms with E-state index in [0.717, 1.165) is 71.8 Å². The molecule has 10 rings (SSSR count). The predicted octanol–water partition coefficient (Wildman–Crippen LogP) is 11.0. The third kappa shape index (κ3) is 5.43. The summed E-state index contributed by atoms with van der Waals surface area (Å²) in [4.78, 5) is 15.3. The molecule has 0 bridgehead atoms. The Balaban J connectivity index is 1.15. The maximum absolute atomic E-state index is 8.85. The molecular weight excluding hydrogens is 663 g/mol. The zero-order valence-corrected chi connectivity index (χ0v) is 29.0. The zero-order chi connectivity index (χ0) is 36.0. The van der Waals surface area contributed by atoms with Gasteiger partial charge in [0.1, 0.15) is 5.71 Å². The molecule has 0 saturated carbocycles. The molecule has 7 heteroatoms. The first-order valence-electron chi connectivity index (χ1n) is 17.8. The van der Waals surface area contributed by atoms with E-state index in [2.05, 4.69) is 107 Å². The van der Waals surface area contributed by atoms with E-state index in [9.17, 15) is 0 Å². The molecule has 2 heterocycles. The van der Waals surface area contributed by atoms with Crippen LogP contribution in [-0.2, 0) is 0 Å². The van der Waals surface area contributed by atoms with Crippen LogP contribution < -0.4 is 5.43 Å². The highest BCUT2D eigenvalue weighted by Gasteiger charge is 2.21. The number of benzene rings is 7. The molecule has 0 fully saturated rings. The quantitative estimate of drug-likeness (QED) is 0.170. The van der Waals surface area contributed by atoms with Crippen LogP contribution in [0.4, 0.5) is 5.69 Å². The molecule has 0 spiro atoms. The highest BCUT2D eigenvalue weighted by Crippen LogP contribution is 2.36. The van der Waals surface area contributed by atoms with Gasteiger partial charge in [-0.3, -0.25) is 10.8 Å². The fourth-order valence-corrected chi connectivity index (χ4v) is 7.33. The number of fused-ring (bicyclic) bond motifs is 6. The number of rotatable bonds is 6. The molecule has 0 aliphatic heterocycles. The number of aromatic nitrogens is 4. The fraction of sp³-hybridized carbons (Fsp3) is 0. The van der Waals surface area contributed by atoms with Crippen LogP contribution in [0.15, 0.2) is 175 Å². The summed E-state index contributed by atoms with van der Waals surface area (Å²) in [5.41, 5.74) is 12.8. The van der Waals surface area contributed by atoms with Gasteiger partial charge in [-0.2, -0.15) is 5.10 Å². The second-order valence-electron chi connectivity index (χ2n) is 13.2. The van der Waals surface area contributed by atoms with Gasteiger partial charge in [0.05, 0.1) is 22.4 Å². The molecule has 54 heavy (non-hydrogen) atoms. The fourth-order valence-electron chi connectivity index (χ4n) is 7.33. The lowest BCUT2D eigenvalue weighted by molar-refractivity contribution is 1.07. The van der Waals surface area contributed by atoms with Crippen molar-refractivity contribution in [2.75, 3.05) is 5.43 Å². The van der Waals surface area contributed by atoms with Crippen molar-refractivity contribution in [1.82, 2.24) is 19.5 Å². The van der Waals surface area contributed by atoms with Crippen molar-refractivity contribution in [2.45, 2.75) is 0 Å². The normalized spacial score (nSPS) is 13.2. The van der Waals surface area contributed by atoms with E-state index in [1.165, 1.54) is 0 Å². The van der Waals surface area contributed by atoms with E-state index in [0.29, 0.717) is 28.9 Å². The summed E-state index contributed by atoms with van der Waals surface area (Å²) < 4.78 is 2.31. The summed E-state index contributed by atoms with van der Waals surface area (Å²) in [7, 11) is 0. The van der Waals surface area contributed by atoms with Crippen LogP contribution in [0.2, 0.25) is 0 Å². The number of hydrogen-bond donors (Lipinski definition) is 2. The molecule has 1 aliphatic carbocycles. The summed E-state index contributed by atoms with van der Waals surface area (Å²) in [5.74, 6) is 1.75. The SMILES string of the molecule is N=C1C=Cc2ccc3ccc(-c4nc(-c5ccccc5)nc(-c5ccc6c(c5)c5ccccc5n6-c5ccccc5)n4)cc3c2/C1=N/Nc1ccccc1. The Morgan fingerprint density at radius 2 is 1.09 bits per heavy atom. The molecule has 0 amide bonds. The van der Waals surface area contributed by atoms with E-state index >= 15 is 0 Å². The van der Waals surface area contributed by atoms with Gasteiger partial charge in [0.15, 0.2) is 17.5 Å². The molecule has 1 aliphatic rings. The minimum absolute atomic E-state index is 0.335. The first-order chi connectivity index (χ1) is 26.7. The lowest BCUT2D eigenvalue weighted by atomic mass is 9.88. The number of nitrogens with zero attached hydrogens (tertiary/aromatic N) is 5. The number of hydrogen-bond acceptors (Lipinski definition) is 6. The average molecular weight is 694 g/mol. The van der Waals surface area contributed by atoms with Crippen molar-refractivity contribution in [1.29, 1.82) is 5.41 Å². The monoisotopic (exact) mass is 693 g/mol. The molecule has 9 aromatic rings. The largest absolute Gasteiger partial charge is 0.309 e. The number of nitrogens with one attached hydrogen (secondary N) is 2. The van der Waals surface area contributed by atoms with Crippen LogP contribution >= 0.6 is 0 Å². The summed E-state index contributed by atoms with van der Waals surface area (Å²) in [5, 5.41) is 17.9. The minimum Gasteiger partial charge on any atom is -0.309 e. The van der Waals surface area contributed by atoms with E-state index in [1.54, 1.807) is 6.08 Å². The van der Waals surface area contributed by atoms with Gasteiger partial charge in [-0.1, -0.05) is 115 Å². The van der Waals surface area contributed by atoms with Crippen LogP contribution in [-0.4, -0.2) is 30.9 Å². The van der Waals surface area contributed by atoms with Crippen LogP contribution in [0.5, 0.6) is 0 Å². The van der Waals surface area contributed by atoms with E-state index in [-0.39, 0.29) is 0 Å². The van der Waals surface area contributed by atoms with Gasteiger partial charge in [-0.05, 0) is 77.0 Å². The summed E-state index contributed by atoms with van der Waals surface area (Å²) in [6.07, 6.45) is 3.77. The first-order valence-corrected chi connectivity index (χ1v) is 17.8. The Morgan fingerprint density at radius 1 is 0.500 bits per heavy atom. The second-order valence-corrected chi connectivity index (χ2v) is 13.2. The Morgan fingerprint density at radius 3 is 1.85 bits per heavy atom. The minimum atomic E-state index is 0.335. The zero-order valence-electron chi connectivity index (χ0n) is 29.0. The van der Waals surface area contributed by atoms with Crippen molar-refractivity contribution in [3.8, 4) is 39.9 Å². The van der Waals surface area contributed by atoms with Crippen molar-refractivity contribution in [3.05, 3.63) is 181 Å². The van der Waals surface area contributed by atoms with Crippen molar-refractivity contribution in [3.63, 3.8) is 0 Å². The van der Waals surface area contributed by atoms with Crippen LogP contribution in [0.3, 0.4) is 0 Å². The topological polar surface area (TPSA) is 91.8 Å². The third-order valence-corrected chi connectivity index (χ3v) is 9.92. The number of hydrazone groups is 1. The molecular formula is C47H31N7. The summed E-state index contributed by atoms with van der Waals surface area (Å²) in [6, 6.07) is 55.7. The Labute approximate surface area is 311 Å². The number of allylic oxidation sites excluding steroid dienone is 1. The molecule has 254 valence electrons. The van der Waals surface area contributed by atoms with Crippen LogP contribution in [0, 0.1) is 5.41 Å². The van der Waals surface area contributed by atoms with Gasteiger partial charge < -0.3 is 4.57 Å². The van der Waals surface area contributed by atoms with Crippen molar-refractivity contribution < 1.29 is 0 Å². The smallest absolute Gasteiger partial charge is 0.164 e. The Hall–Kier alpha value is -7.51. The molecule has 0 saturated heterocycles. The standard InChI is InChI=1S/C47H31N7/c48-40-26-24-31-22-20-30-21-23-33(28-38(30)43(31)44(40)53-52-35-14-6-2-7-15-35)46-49-45(32-12-4-1-5-13-32)50-47(51-46)34-25-27-42-39(29-34)37-18-10-11-19-41(37)54(42)36-16-8-3-9-17-36/h1-29,48,52H/b48-40?,53-44+. The van der Waals surface area contributed by atoms with Gasteiger partial charge in [-0.25, -0.2) is 15.0 Å². The third-order valence-electron chi connectivity index (χ3n) is 9.92. The van der Waals surface area contributed by atoms with Crippen LogP contribution in [0.25, 0.3) is 78.5 Å². The average Bonchev–Trinajstić information content (AvgIpc) is 3.57. The molecule has 7 nitrogen and oxygen atoms in total. The molecule has 2 aromatic heterocycles. The van der Waals surface area contributed by atoms with E-state index < -0.39 is 0 Å². The van der Waals surface area contributed by atoms with Crippen molar-refractivity contribution in [2.24, 2.45) is 5.10 Å². The molecule has 7 aromatic carbocycles. The van der Waals surface area contributed by atoms with Gasteiger partial charge in [0.2, 0.25) is 0 Å². The van der Waals surface area contributed by atoms with Crippen molar-refractivity contribution >= 4 is 55.8 Å². The highest BCUT2D eigenvalue weighted by atomic mass is 15.3. The highest BCUT2D eigenvalue weighted by molar-refractivity contribution is 6.55. The van der Waals surface area contributed by atoms with Gasteiger partial charge in [-0.15, -0.1) is 0 Å². The van der Waals surface area contributed by atoms with Gasteiger partial charge in [0.25, 0.3) is 0 Å². The van der Waals surface area contributed by atoms with Gasteiger partial charge >= 0.3 is 0 Å². The first kappa shape index (κ1) is 31.2. The van der Waals surface area contributed by atoms with Crippen LogP contribution in [0.1, 0.15) is 11.1 Å². The Bertz CT molecular complexity index is 2960. The molecule has 2 N–H and O–H groups in total. The molecule has 0 atom stereocenters. The maximum atomic E-state index is 8.85. The number of para-hydroxylation sites is 3. The second kappa shape index (κ2) is 12.9. The predicted molar refractivity (Wildman–Crippen MR) is 221 cm³/mol. The molecule has 0 unspecified atom stereocenters. The lowest BCUT2D eigenvalue weighted by Gasteiger charge is -2.18. The Kier molecular flexibility index (Phi) is 7.47. The van der Waals surface area contributed by atoms with E-state index in [1.807, 2.05) is 72.8 Å². The summed E-state index contributed by atoms with van der Waals surface area (Å²) in [6.45, 7) is 0. The van der Waals surface area contributed by atoms with Gasteiger partial charge in [0, 0.05) is 38.7 Å².